The van der Waals surface area contributed by atoms with E-state index in [1.54, 1.807) is 0 Å². The SMILES string of the molecule is CC(O)(CC1CCOC1)C1(C#N)CC1. The van der Waals surface area contributed by atoms with Gasteiger partial charge in [-0.15, -0.1) is 0 Å². The van der Waals surface area contributed by atoms with Crippen molar-refractivity contribution in [3.63, 3.8) is 0 Å². The van der Waals surface area contributed by atoms with Crippen LogP contribution in [-0.2, 0) is 4.74 Å². The molecule has 1 N–H and O–H groups in total. The Labute approximate surface area is 84.7 Å². The fourth-order valence-corrected chi connectivity index (χ4v) is 2.40. The zero-order valence-electron chi connectivity index (χ0n) is 8.62. The zero-order chi connectivity index (χ0) is 10.2. The summed E-state index contributed by atoms with van der Waals surface area (Å²) in [5.74, 6) is 0.441. The predicted octanol–water partition coefficient (Wildman–Crippen LogP) is 1.47. The van der Waals surface area contributed by atoms with E-state index in [1.165, 1.54) is 0 Å². The molecule has 2 fully saturated rings. The lowest BCUT2D eigenvalue weighted by molar-refractivity contribution is -0.0149. The molecule has 0 aromatic rings. The molecule has 1 saturated carbocycles. The average molecular weight is 195 g/mol. The molecule has 3 heteroatoms. The second-order valence-corrected chi connectivity index (χ2v) is 4.90. The molecule has 0 spiro atoms. The minimum Gasteiger partial charge on any atom is -0.389 e. The van der Waals surface area contributed by atoms with Gasteiger partial charge in [0, 0.05) is 13.2 Å². The van der Waals surface area contributed by atoms with Crippen molar-refractivity contribution >= 4 is 0 Å². The van der Waals surface area contributed by atoms with E-state index < -0.39 is 11.0 Å². The summed E-state index contributed by atoms with van der Waals surface area (Å²) in [5, 5.41) is 19.3. The number of nitrogens with zero attached hydrogens (tertiary/aromatic N) is 1. The van der Waals surface area contributed by atoms with Gasteiger partial charge in [-0.1, -0.05) is 0 Å². The zero-order valence-corrected chi connectivity index (χ0v) is 8.62. The van der Waals surface area contributed by atoms with Gasteiger partial charge < -0.3 is 9.84 Å². The van der Waals surface area contributed by atoms with Crippen molar-refractivity contribution in [1.82, 2.24) is 0 Å². The molecule has 3 nitrogen and oxygen atoms in total. The van der Waals surface area contributed by atoms with Crippen molar-refractivity contribution in [2.45, 2.75) is 38.2 Å². The summed E-state index contributed by atoms with van der Waals surface area (Å²) in [6.45, 7) is 3.36. The van der Waals surface area contributed by atoms with E-state index in [-0.39, 0.29) is 0 Å². The fraction of sp³-hybridized carbons (Fsp3) is 0.909. The van der Waals surface area contributed by atoms with Crippen LogP contribution in [-0.4, -0.2) is 23.9 Å². The molecule has 0 radical (unpaired) electrons. The number of hydrogen-bond donors (Lipinski definition) is 1. The van der Waals surface area contributed by atoms with E-state index in [1.807, 2.05) is 6.92 Å². The molecule has 14 heavy (non-hydrogen) atoms. The monoisotopic (exact) mass is 195 g/mol. The molecule has 0 bridgehead atoms. The molecule has 1 heterocycles. The number of hydrogen-bond acceptors (Lipinski definition) is 3. The third-order valence-corrected chi connectivity index (χ3v) is 3.71. The van der Waals surface area contributed by atoms with Crippen molar-refractivity contribution in [2.24, 2.45) is 11.3 Å². The highest BCUT2D eigenvalue weighted by Gasteiger charge is 2.57. The van der Waals surface area contributed by atoms with E-state index in [4.69, 9.17) is 10.00 Å². The van der Waals surface area contributed by atoms with E-state index in [0.29, 0.717) is 12.3 Å². The molecular weight excluding hydrogens is 178 g/mol. The van der Waals surface area contributed by atoms with Gasteiger partial charge >= 0.3 is 0 Å². The molecule has 2 atom stereocenters. The first-order chi connectivity index (χ1) is 6.60. The van der Waals surface area contributed by atoms with Crippen LogP contribution < -0.4 is 0 Å². The van der Waals surface area contributed by atoms with Crippen LogP contribution in [0, 0.1) is 22.7 Å². The van der Waals surface area contributed by atoms with Crippen LogP contribution in [0.2, 0.25) is 0 Å². The van der Waals surface area contributed by atoms with Crippen LogP contribution in [0.15, 0.2) is 0 Å². The van der Waals surface area contributed by atoms with Gasteiger partial charge in [0.1, 0.15) is 0 Å². The Kier molecular flexibility index (Phi) is 2.29. The summed E-state index contributed by atoms with van der Waals surface area (Å²) >= 11 is 0. The normalized spacial score (nSPS) is 33.4. The summed E-state index contributed by atoms with van der Waals surface area (Å²) in [7, 11) is 0. The Morgan fingerprint density at radius 2 is 2.36 bits per heavy atom. The summed E-state index contributed by atoms with van der Waals surface area (Å²) < 4.78 is 5.28. The maximum atomic E-state index is 10.3. The fourth-order valence-electron chi connectivity index (χ4n) is 2.40. The molecule has 0 aromatic carbocycles. The number of ether oxygens (including phenoxy) is 1. The van der Waals surface area contributed by atoms with E-state index in [2.05, 4.69) is 6.07 Å². The van der Waals surface area contributed by atoms with Crippen molar-refractivity contribution < 1.29 is 9.84 Å². The van der Waals surface area contributed by atoms with Crippen LogP contribution >= 0.6 is 0 Å². The summed E-state index contributed by atoms with van der Waals surface area (Å²) in [5.41, 5.74) is -1.27. The lowest BCUT2D eigenvalue weighted by atomic mass is 9.79. The van der Waals surface area contributed by atoms with Crippen LogP contribution in [0.25, 0.3) is 0 Å². The smallest absolute Gasteiger partial charge is 0.0858 e. The minimum atomic E-state index is -0.819. The molecule has 2 unspecified atom stereocenters. The van der Waals surface area contributed by atoms with Crippen LogP contribution in [0.3, 0.4) is 0 Å². The lowest BCUT2D eigenvalue weighted by Gasteiger charge is -2.30. The molecule has 1 aliphatic heterocycles. The Balaban J connectivity index is 1.98. The number of rotatable bonds is 3. The highest BCUT2D eigenvalue weighted by atomic mass is 16.5. The molecule has 1 saturated heterocycles. The maximum Gasteiger partial charge on any atom is 0.0858 e. The highest BCUT2D eigenvalue weighted by molar-refractivity contribution is 5.19. The predicted molar refractivity (Wildman–Crippen MR) is 51.4 cm³/mol. The van der Waals surface area contributed by atoms with E-state index in [9.17, 15) is 5.11 Å². The second-order valence-electron chi connectivity index (χ2n) is 4.90. The Morgan fingerprint density at radius 3 is 2.79 bits per heavy atom. The van der Waals surface area contributed by atoms with Gasteiger partial charge in [0.25, 0.3) is 0 Å². The van der Waals surface area contributed by atoms with Gasteiger partial charge in [-0.25, -0.2) is 0 Å². The lowest BCUT2D eigenvalue weighted by Crippen LogP contribution is -2.37. The van der Waals surface area contributed by atoms with E-state index in [0.717, 1.165) is 32.5 Å². The van der Waals surface area contributed by atoms with Gasteiger partial charge in [0.2, 0.25) is 0 Å². The second kappa shape index (κ2) is 3.22. The standard InChI is InChI=1S/C11H17NO2/c1-10(13,11(8-12)3-4-11)6-9-2-5-14-7-9/h9,13H,2-7H2,1H3. The summed E-state index contributed by atoms with van der Waals surface area (Å²) in [6, 6.07) is 2.28. The molecular formula is C11H17NO2. The average Bonchev–Trinajstić information content (AvgIpc) is 2.81. The van der Waals surface area contributed by atoms with Gasteiger partial charge in [0.05, 0.1) is 17.1 Å². The van der Waals surface area contributed by atoms with Gasteiger partial charge in [-0.05, 0) is 38.5 Å². The van der Waals surface area contributed by atoms with Crippen molar-refractivity contribution in [3.8, 4) is 6.07 Å². The van der Waals surface area contributed by atoms with Crippen molar-refractivity contribution in [3.05, 3.63) is 0 Å². The highest BCUT2D eigenvalue weighted by Crippen LogP contribution is 2.55. The summed E-state index contributed by atoms with van der Waals surface area (Å²) in [4.78, 5) is 0. The molecule has 78 valence electrons. The molecule has 0 aromatic heterocycles. The van der Waals surface area contributed by atoms with Gasteiger partial charge in [-0.2, -0.15) is 5.26 Å². The van der Waals surface area contributed by atoms with Crippen molar-refractivity contribution in [1.29, 1.82) is 5.26 Å². The first-order valence-electron chi connectivity index (χ1n) is 5.31. The molecule has 2 aliphatic rings. The third kappa shape index (κ3) is 1.53. The van der Waals surface area contributed by atoms with Gasteiger partial charge in [-0.3, -0.25) is 0 Å². The maximum absolute atomic E-state index is 10.3. The largest absolute Gasteiger partial charge is 0.389 e. The minimum absolute atomic E-state index is 0.441. The Hall–Kier alpha value is -0.590. The first kappa shape index (κ1) is 9.95. The number of nitriles is 1. The molecule has 1 aliphatic carbocycles. The molecule has 0 amide bonds. The Morgan fingerprint density at radius 1 is 1.64 bits per heavy atom. The van der Waals surface area contributed by atoms with Gasteiger partial charge in [0.15, 0.2) is 0 Å². The first-order valence-corrected chi connectivity index (χ1v) is 5.31. The van der Waals surface area contributed by atoms with E-state index >= 15 is 0 Å². The number of aliphatic hydroxyl groups is 1. The quantitative estimate of drug-likeness (QED) is 0.742. The van der Waals surface area contributed by atoms with Crippen molar-refractivity contribution in [2.75, 3.05) is 13.2 Å². The van der Waals surface area contributed by atoms with Crippen LogP contribution in [0.1, 0.15) is 32.6 Å². The van der Waals surface area contributed by atoms with Crippen LogP contribution in [0.5, 0.6) is 0 Å². The van der Waals surface area contributed by atoms with Crippen LogP contribution in [0.4, 0.5) is 0 Å². The Bertz CT molecular complexity index is 257. The third-order valence-electron chi connectivity index (χ3n) is 3.71. The molecule has 2 rings (SSSR count). The topological polar surface area (TPSA) is 53.2 Å². The summed E-state index contributed by atoms with van der Waals surface area (Å²) in [6.07, 6.45) is 3.44.